The Kier molecular flexibility index (Phi) is 4.65. The third-order valence-corrected chi connectivity index (χ3v) is 6.00. The molecule has 30 heavy (non-hydrogen) atoms. The van der Waals surface area contributed by atoms with Crippen LogP contribution in [0.15, 0.2) is 43.0 Å². The Labute approximate surface area is 173 Å². The lowest BCUT2D eigenvalue weighted by Crippen LogP contribution is -2.64. The summed E-state index contributed by atoms with van der Waals surface area (Å²) in [5.41, 5.74) is 1.21. The molecule has 2 aliphatic rings. The molecule has 1 aliphatic carbocycles. The third-order valence-electron chi connectivity index (χ3n) is 6.00. The normalized spacial score (nSPS) is 22.9. The fourth-order valence-electron chi connectivity index (χ4n) is 4.59. The van der Waals surface area contributed by atoms with Crippen molar-refractivity contribution in [3.63, 3.8) is 0 Å². The summed E-state index contributed by atoms with van der Waals surface area (Å²) in [4.78, 5) is 25.2. The first-order valence-corrected chi connectivity index (χ1v) is 10.1. The highest BCUT2D eigenvalue weighted by Gasteiger charge is 2.48. The van der Waals surface area contributed by atoms with Crippen molar-refractivity contribution in [2.45, 2.75) is 38.3 Å². The Morgan fingerprint density at radius 3 is 2.80 bits per heavy atom. The minimum absolute atomic E-state index is 0.0380. The van der Waals surface area contributed by atoms with Crippen LogP contribution in [0, 0.1) is 18.7 Å². The lowest BCUT2D eigenvalue weighted by molar-refractivity contribution is 0.0103. The molecule has 154 valence electrons. The second-order valence-electron chi connectivity index (χ2n) is 7.88. The predicted molar refractivity (Wildman–Crippen MR) is 108 cm³/mol. The monoisotopic (exact) mass is 407 g/mol. The number of para-hydroxylation sites is 1. The van der Waals surface area contributed by atoms with Crippen molar-refractivity contribution in [3.05, 3.63) is 60.1 Å². The van der Waals surface area contributed by atoms with Gasteiger partial charge < -0.3 is 10.2 Å². The van der Waals surface area contributed by atoms with Crippen LogP contribution in [-0.4, -0.2) is 54.4 Å². The van der Waals surface area contributed by atoms with Crippen molar-refractivity contribution in [2.24, 2.45) is 5.92 Å². The van der Waals surface area contributed by atoms with Gasteiger partial charge in [0.25, 0.3) is 5.91 Å². The molecule has 0 radical (unpaired) electrons. The number of aryl methyl sites for hydroxylation is 1. The van der Waals surface area contributed by atoms with Crippen LogP contribution in [0.1, 0.15) is 35.3 Å². The summed E-state index contributed by atoms with van der Waals surface area (Å²) in [5, 5.41) is 11.5. The van der Waals surface area contributed by atoms with Crippen LogP contribution in [0.4, 0.5) is 10.2 Å². The number of amides is 1. The van der Waals surface area contributed by atoms with E-state index in [0.717, 1.165) is 25.0 Å². The second-order valence-corrected chi connectivity index (χ2v) is 7.88. The van der Waals surface area contributed by atoms with Crippen LogP contribution >= 0.6 is 0 Å². The number of likely N-dealkylation sites (tertiary alicyclic amines) is 1. The molecule has 5 rings (SSSR count). The van der Waals surface area contributed by atoms with E-state index in [4.69, 9.17) is 0 Å². The number of carbonyl (C=O) groups excluding carboxylic acids is 1. The van der Waals surface area contributed by atoms with Crippen molar-refractivity contribution in [1.82, 2.24) is 29.9 Å². The lowest BCUT2D eigenvalue weighted by atomic mass is 9.69. The van der Waals surface area contributed by atoms with Crippen molar-refractivity contribution in [2.75, 3.05) is 11.9 Å². The highest BCUT2D eigenvalue weighted by atomic mass is 19.1. The minimum Gasteiger partial charge on any atom is -0.364 e. The predicted octanol–water partition coefficient (Wildman–Crippen LogP) is 2.61. The standard InChI is InChI=1S/C21H22FN7O/c1-13-11-24-18(12-23-13)27-17-10-14-4-3-9-28(19(14)17)21(30)15-5-2-6-16(22)20(15)29-25-7-8-26-29/h2,5-8,11-12,14,17,19H,3-4,9-10H2,1H3,(H,24,27). The average Bonchev–Trinajstić information content (AvgIpc) is 3.26. The molecule has 2 aromatic heterocycles. The summed E-state index contributed by atoms with van der Waals surface area (Å²) in [7, 11) is 0. The van der Waals surface area contributed by atoms with Gasteiger partial charge in [-0.1, -0.05) is 6.07 Å². The summed E-state index contributed by atoms with van der Waals surface area (Å²) in [6.45, 7) is 2.53. The van der Waals surface area contributed by atoms with E-state index >= 15 is 0 Å². The third kappa shape index (κ3) is 3.20. The maximum absolute atomic E-state index is 14.6. The van der Waals surface area contributed by atoms with Gasteiger partial charge in [0, 0.05) is 12.6 Å². The molecule has 8 nitrogen and oxygen atoms in total. The number of nitrogens with one attached hydrogen (secondary N) is 1. The molecule has 3 aromatic rings. The first-order valence-electron chi connectivity index (χ1n) is 10.1. The van der Waals surface area contributed by atoms with Gasteiger partial charge in [-0.3, -0.25) is 9.78 Å². The SMILES string of the molecule is Cc1cnc(NC2CC3CCCN(C(=O)c4cccc(F)c4-n4nccn4)C32)cn1. The maximum Gasteiger partial charge on any atom is 0.256 e. The molecule has 2 fully saturated rings. The molecule has 3 heterocycles. The Hall–Kier alpha value is -3.36. The molecule has 1 aromatic carbocycles. The molecule has 1 amide bonds. The van der Waals surface area contributed by atoms with Crippen LogP contribution in [-0.2, 0) is 0 Å². The van der Waals surface area contributed by atoms with Crippen LogP contribution in [0.25, 0.3) is 5.69 Å². The van der Waals surface area contributed by atoms with E-state index in [1.54, 1.807) is 24.5 Å². The van der Waals surface area contributed by atoms with Crippen LogP contribution in [0.2, 0.25) is 0 Å². The van der Waals surface area contributed by atoms with Gasteiger partial charge in [0.2, 0.25) is 0 Å². The zero-order valence-corrected chi connectivity index (χ0v) is 16.6. The van der Waals surface area contributed by atoms with Gasteiger partial charge in [0.1, 0.15) is 11.5 Å². The van der Waals surface area contributed by atoms with Crippen molar-refractivity contribution in [3.8, 4) is 5.69 Å². The summed E-state index contributed by atoms with van der Waals surface area (Å²) in [6, 6.07) is 4.64. The van der Waals surface area contributed by atoms with E-state index in [0.29, 0.717) is 18.3 Å². The largest absolute Gasteiger partial charge is 0.364 e. The smallest absolute Gasteiger partial charge is 0.256 e. The number of nitrogens with zero attached hydrogens (tertiary/aromatic N) is 6. The number of halogens is 1. The van der Waals surface area contributed by atoms with Gasteiger partial charge >= 0.3 is 0 Å². The van der Waals surface area contributed by atoms with E-state index in [1.165, 1.54) is 23.3 Å². The number of benzene rings is 1. The Bertz CT molecular complexity index is 1050. The number of aromatic nitrogens is 5. The fraction of sp³-hybridized carbons (Fsp3) is 0.381. The number of piperidine rings is 1. The summed E-state index contributed by atoms with van der Waals surface area (Å²) in [5.74, 6) is 0.412. The number of fused-ring (bicyclic) bond motifs is 1. The first kappa shape index (κ1) is 18.7. The van der Waals surface area contributed by atoms with Gasteiger partial charge in [-0.25, -0.2) is 9.37 Å². The van der Waals surface area contributed by atoms with E-state index in [1.807, 2.05) is 11.8 Å². The highest BCUT2D eigenvalue weighted by molar-refractivity contribution is 5.98. The zero-order valence-electron chi connectivity index (χ0n) is 16.6. The molecule has 0 bridgehead atoms. The molecule has 3 unspecified atom stereocenters. The van der Waals surface area contributed by atoms with E-state index < -0.39 is 5.82 Å². The first-order chi connectivity index (χ1) is 14.6. The quantitative estimate of drug-likeness (QED) is 0.715. The van der Waals surface area contributed by atoms with Crippen LogP contribution < -0.4 is 5.32 Å². The van der Waals surface area contributed by atoms with Crippen molar-refractivity contribution >= 4 is 11.7 Å². The van der Waals surface area contributed by atoms with E-state index in [-0.39, 0.29) is 29.2 Å². The summed E-state index contributed by atoms with van der Waals surface area (Å²) >= 11 is 0. The second kappa shape index (κ2) is 7.47. The average molecular weight is 407 g/mol. The molecule has 1 saturated carbocycles. The van der Waals surface area contributed by atoms with Crippen molar-refractivity contribution < 1.29 is 9.18 Å². The molecular formula is C21H22FN7O. The topological polar surface area (TPSA) is 88.8 Å². The number of hydrogen-bond acceptors (Lipinski definition) is 6. The molecule has 1 aliphatic heterocycles. The Balaban J connectivity index is 1.43. The number of rotatable bonds is 4. The molecule has 1 N–H and O–H groups in total. The van der Waals surface area contributed by atoms with Gasteiger partial charge in [-0.2, -0.15) is 10.2 Å². The van der Waals surface area contributed by atoms with E-state index in [2.05, 4.69) is 25.5 Å². The molecule has 9 heteroatoms. The van der Waals surface area contributed by atoms with Gasteiger partial charge in [-0.05, 0) is 44.2 Å². The molecule has 3 atom stereocenters. The van der Waals surface area contributed by atoms with Crippen molar-refractivity contribution in [1.29, 1.82) is 0 Å². The highest BCUT2D eigenvalue weighted by Crippen LogP contribution is 2.41. The van der Waals surface area contributed by atoms with Crippen LogP contribution in [0.3, 0.4) is 0 Å². The summed E-state index contributed by atoms with van der Waals surface area (Å²) < 4.78 is 14.6. The van der Waals surface area contributed by atoms with Gasteiger partial charge in [0.05, 0.1) is 42.1 Å². The number of carbonyl (C=O) groups is 1. The molecule has 0 spiro atoms. The van der Waals surface area contributed by atoms with Gasteiger partial charge in [-0.15, -0.1) is 4.80 Å². The zero-order chi connectivity index (χ0) is 20.7. The van der Waals surface area contributed by atoms with E-state index in [9.17, 15) is 9.18 Å². The lowest BCUT2D eigenvalue weighted by Gasteiger charge is -2.54. The fourth-order valence-corrected chi connectivity index (χ4v) is 4.59. The maximum atomic E-state index is 14.6. The number of hydrogen-bond donors (Lipinski definition) is 1. The van der Waals surface area contributed by atoms with Gasteiger partial charge in [0.15, 0.2) is 5.82 Å². The Morgan fingerprint density at radius 2 is 2.03 bits per heavy atom. The van der Waals surface area contributed by atoms with Crippen LogP contribution in [0.5, 0.6) is 0 Å². The minimum atomic E-state index is -0.524. The molecule has 1 saturated heterocycles. The number of anilines is 1. The Morgan fingerprint density at radius 1 is 1.20 bits per heavy atom. The summed E-state index contributed by atoms with van der Waals surface area (Å²) in [6.07, 6.45) is 9.36. The molecular weight excluding hydrogens is 385 g/mol.